The second-order valence-corrected chi connectivity index (χ2v) is 11.1. The number of benzene rings is 2. The zero-order valence-corrected chi connectivity index (χ0v) is 20.1. The van der Waals surface area contributed by atoms with Crippen LogP contribution in [0, 0.1) is 0 Å². The molecule has 30 heavy (non-hydrogen) atoms. The molecule has 1 aliphatic rings. The Bertz CT molecular complexity index is 848. The quantitative estimate of drug-likeness (QED) is 0.324. The van der Waals surface area contributed by atoms with Crippen LogP contribution in [0.5, 0.6) is 0 Å². The first-order valence-electron chi connectivity index (χ1n) is 9.50. The van der Waals surface area contributed by atoms with Gasteiger partial charge in [0, 0.05) is 12.4 Å². The first-order valence-corrected chi connectivity index (χ1v) is 13.7. The number of ether oxygens (including phenoxy) is 2. The molecule has 3 nitrogen and oxygen atoms in total. The zero-order valence-electron chi connectivity index (χ0n) is 16.7. The predicted octanol–water partition coefficient (Wildman–Crippen LogP) is 5.78. The van der Waals surface area contributed by atoms with E-state index >= 15 is 0 Å². The summed E-state index contributed by atoms with van der Waals surface area (Å²) >= 11 is 0.569. The minimum atomic E-state index is -0.610. The number of pyridine rings is 1. The molecule has 0 unspecified atom stereocenters. The summed E-state index contributed by atoms with van der Waals surface area (Å²) in [5.74, 6) is -0.610. The third kappa shape index (κ3) is 6.50. The molecule has 1 aromatic heterocycles. The second kappa shape index (κ2) is 11.6. The van der Waals surface area contributed by atoms with Crippen molar-refractivity contribution in [2.24, 2.45) is 0 Å². The molecule has 0 spiro atoms. The Morgan fingerprint density at radius 1 is 0.867 bits per heavy atom. The van der Waals surface area contributed by atoms with Crippen LogP contribution in [0.4, 0.5) is 0 Å². The molecule has 3 aromatic rings. The van der Waals surface area contributed by atoms with E-state index in [1.807, 2.05) is 38.2 Å². The molecular weight excluding hydrogens is 483 g/mol. The van der Waals surface area contributed by atoms with Gasteiger partial charge < -0.3 is 9.47 Å². The van der Waals surface area contributed by atoms with Crippen molar-refractivity contribution in [3.05, 3.63) is 90.8 Å². The van der Waals surface area contributed by atoms with Gasteiger partial charge in [0.2, 0.25) is 0 Å². The van der Waals surface area contributed by atoms with Crippen molar-refractivity contribution in [2.45, 2.75) is 31.8 Å². The van der Waals surface area contributed by atoms with E-state index in [0.29, 0.717) is 12.7 Å². The molecule has 2 aromatic carbocycles. The molecular formula is C23H24Cl2NNiO2P. The van der Waals surface area contributed by atoms with Crippen LogP contribution in [0.2, 0.25) is 0 Å². The van der Waals surface area contributed by atoms with E-state index in [0.717, 1.165) is 11.9 Å². The van der Waals surface area contributed by atoms with Crippen LogP contribution in [0.15, 0.2) is 85.1 Å². The number of hydrogen-bond donors (Lipinski definition) is 0. The Balaban J connectivity index is 0.000000806. The molecule has 2 atom stereocenters. The molecule has 0 amide bonds. The van der Waals surface area contributed by atoms with Gasteiger partial charge in [-0.05, 0) is 44.5 Å². The zero-order chi connectivity index (χ0) is 21.4. The van der Waals surface area contributed by atoms with E-state index in [-0.39, 0.29) is 12.2 Å². The first kappa shape index (κ1) is 23.7. The Morgan fingerprint density at radius 3 is 1.90 bits per heavy atom. The van der Waals surface area contributed by atoms with Gasteiger partial charge in [0.1, 0.15) is 6.10 Å². The Labute approximate surface area is 194 Å². The van der Waals surface area contributed by atoms with E-state index in [9.17, 15) is 0 Å². The van der Waals surface area contributed by atoms with E-state index in [4.69, 9.17) is 29.9 Å². The molecule has 0 radical (unpaired) electrons. The van der Waals surface area contributed by atoms with Crippen LogP contribution >= 0.6 is 28.3 Å². The molecule has 0 saturated carbocycles. The van der Waals surface area contributed by atoms with Crippen LogP contribution in [-0.2, 0) is 22.1 Å². The fourth-order valence-corrected chi connectivity index (χ4v) is 5.93. The van der Waals surface area contributed by atoms with Crippen LogP contribution in [-0.4, -0.2) is 23.0 Å². The van der Waals surface area contributed by atoms with Gasteiger partial charge in [0.15, 0.2) is 5.79 Å². The molecule has 2 heterocycles. The van der Waals surface area contributed by atoms with Gasteiger partial charge in [-0.3, -0.25) is 4.98 Å². The van der Waals surface area contributed by atoms with Crippen molar-refractivity contribution in [3.63, 3.8) is 0 Å². The molecule has 1 aliphatic heterocycles. The average Bonchev–Trinajstić information content (AvgIpc) is 3.09. The maximum absolute atomic E-state index is 6.34. The first-order chi connectivity index (χ1) is 14.5. The van der Waals surface area contributed by atoms with E-state index in [1.165, 1.54) is 10.6 Å². The molecule has 0 bridgehead atoms. The summed E-state index contributed by atoms with van der Waals surface area (Å²) in [4.78, 5) is 4.53. The average molecular weight is 507 g/mol. The van der Waals surface area contributed by atoms with Gasteiger partial charge in [-0.1, -0.05) is 66.7 Å². The molecule has 0 N–H and O–H groups in total. The van der Waals surface area contributed by atoms with E-state index in [1.54, 1.807) is 0 Å². The number of aromatic nitrogens is 1. The van der Waals surface area contributed by atoms with Gasteiger partial charge in [-0.2, -0.15) is 0 Å². The standard InChI is InChI=1S/C23H24NO2P.2ClH.Ni/c1-23(2)25-21(22(26-23)20-15-9-10-16-24-20)17-27(18-11-5-3-6-12-18)19-13-7-4-8-14-19;;;/h3-16,21-22H,17H2,1-2H3;2*1H;/q;;;+2/p-2/t21-,22-;;;/m0.../s1. The second-order valence-electron chi connectivity index (χ2n) is 7.18. The topological polar surface area (TPSA) is 31.4 Å². The molecule has 162 valence electrons. The summed E-state index contributed by atoms with van der Waals surface area (Å²) < 4.78 is 12.6. The van der Waals surface area contributed by atoms with Crippen molar-refractivity contribution >= 4 is 38.9 Å². The summed E-state index contributed by atoms with van der Waals surface area (Å²) in [6.07, 6.45) is 2.52. The van der Waals surface area contributed by atoms with Crippen LogP contribution in [0.3, 0.4) is 0 Å². The predicted molar refractivity (Wildman–Crippen MR) is 123 cm³/mol. The van der Waals surface area contributed by atoms with E-state index in [2.05, 4.69) is 65.6 Å². The van der Waals surface area contributed by atoms with Crippen molar-refractivity contribution in [1.29, 1.82) is 0 Å². The van der Waals surface area contributed by atoms with Gasteiger partial charge >= 0.3 is 33.0 Å². The number of rotatable bonds is 5. The molecule has 0 aliphatic carbocycles. The van der Waals surface area contributed by atoms with Crippen LogP contribution < -0.4 is 10.6 Å². The summed E-state index contributed by atoms with van der Waals surface area (Å²) in [7, 11) is 8.85. The summed E-state index contributed by atoms with van der Waals surface area (Å²) in [5.41, 5.74) is 0.934. The maximum atomic E-state index is 6.34. The number of nitrogens with zero attached hydrogens (tertiary/aromatic N) is 1. The summed E-state index contributed by atoms with van der Waals surface area (Å²) in [6.45, 7) is 3.96. The number of hydrogen-bond acceptors (Lipinski definition) is 3. The third-order valence-corrected chi connectivity index (χ3v) is 7.23. The third-order valence-electron chi connectivity index (χ3n) is 4.66. The van der Waals surface area contributed by atoms with E-state index < -0.39 is 13.7 Å². The van der Waals surface area contributed by atoms with Crippen molar-refractivity contribution < 1.29 is 22.1 Å². The van der Waals surface area contributed by atoms with Crippen molar-refractivity contribution in [3.8, 4) is 0 Å². The molecule has 4 rings (SSSR count). The fraction of sp³-hybridized carbons (Fsp3) is 0.261. The van der Waals surface area contributed by atoms with Crippen molar-refractivity contribution in [1.82, 2.24) is 4.98 Å². The Hall–Kier alpha value is -0.986. The van der Waals surface area contributed by atoms with Gasteiger partial charge in [-0.25, -0.2) is 0 Å². The summed E-state index contributed by atoms with van der Waals surface area (Å²) in [5, 5.41) is 2.71. The molecule has 7 heteroatoms. The van der Waals surface area contributed by atoms with Crippen LogP contribution in [0.1, 0.15) is 25.6 Å². The molecule has 1 fully saturated rings. The Morgan fingerprint density at radius 2 is 1.40 bits per heavy atom. The molecule has 1 saturated heterocycles. The van der Waals surface area contributed by atoms with Gasteiger partial charge in [0.05, 0.1) is 11.8 Å². The van der Waals surface area contributed by atoms with Gasteiger partial charge in [0.25, 0.3) is 0 Å². The fourth-order valence-electron chi connectivity index (χ4n) is 3.52. The minimum absolute atomic E-state index is 0.0403. The van der Waals surface area contributed by atoms with Gasteiger partial charge in [-0.15, -0.1) is 0 Å². The number of halogens is 2. The summed E-state index contributed by atoms with van der Waals surface area (Å²) in [6, 6.07) is 27.4. The van der Waals surface area contributed by atoms with Crippen molar-refractivity contribution in [2.75, 3.05) is 6.16 Å². The SMILES string of the molecule is CC1(C)O[C@@H](CP(c2ccccc2)c2ccccc2)[C@H](c2ccccn2)O1.[Cl][Ni][Cl]. The normalized spacial score (nSPS) is 20.0. The monoisotopic (exact) mass is 505 g/mol. The van der Waals surface area contributed by atoms with Crippen LogP contribution in [0.25, 0.3) is 0 Å². The Kier molecular flexibility index (Phi) is 9.14.